The molecule has 128 valence electrons. The van der Waals surface area contributed by atoms with Crippen LogP contribution >= 0.6 is 27.3 Å². The topological polar surface area (TPSA) is 49.4 Å². The average Bonchev–Trinajstić information content (AvgIpc) is 2.90. The molecule has 0 unspecified atom stereocenters. The van der Waals surface area contributed by atoms with Crippen molar-refractivity contribution >= 4 is 44.8 Å². The lowest BCUT2D eigenvalue weighted by Gasteiger charge is -2.19. The molecule has 6 heteroatoms. The van der Waals surface area contributed by atoms with Crippen molar-refractivity contribution in [1.82, 2.24) is 4.90 Å². The third-order valence-corrected chi connectivity index (χ3v) is 5.03. The Balaban J connectivity index is 2.09. The molecule has 0 radical (unpaired) electrons. The lowest BCUT2D eigenvalue weighted by Crippen LogP contribution is -2.28. The molecular formula is C18H21BrN2O2S. The number of hydrogen-bond donors (Lipinski definition) is 1. The van der Waals surface area contributed by atoms with Gasteiger partial charge in [-0.15, -0.1) is 11.3 Å². The fourth-order valence-corrected chi connectivity index (χ4v) is 3.55. The first-order valence-electron chi connectivity index (χ1n) is 7.58. The Labute approximate surface area is 155 Å². The summed E-state index contributed by atoms with van der Waals surface area (Å²) in [5, 5.41) is 2.86. The summed E-state index contributed by atoms with van der Waals surface area (Å²) in [4.78, 5) is 27.5. The van der Waals surface area contributed by atoms with Crippen molar-refractivity contribution in [2.75, 3.05) is 12.4 Å². The zero-order valence-corrected chi connectivity index (χ0v) is 16.6. The fourth-order valence-electron chi connectivity index (χ4n) is 2.01. The lowest BCUT2D eigenvalue weighted by atomic mass is 9.95. The Kier molecular flexibility index (Phi) is 5.83. The van der Waals surface area contributed by atoms with E-state index >= 15 is 0 Å². The molecule has 0 saturated heterocycles. The van der Waals surface area contributed by atoms with Crippen LogP contribution in [0.25, 0.3) is 0 Å². The van der Waals surface area contributed by atoms with Gasteiger partial charge in [0.05, 0.1) is 10.3 Å². The van der Waals surface area contributed by atoms with Crippen molar-refractivity contribution in [3.8, 4) is 0 Å². The Hall–Kier alpha value is -1.66. The minimum absolute atomic E-state index is 0.0774. The van der Waals surface area contributed by atoms with Gasteiger partial charge >= 0.3 is 0 Å². The standard InChI is InChI=1S/C18H21BrN2O2S/c1-18(2,3)17(23)20-13-7-5-6-12(10-13)16(22)21(4)11-14-8-9-15(19)24-14/h5-10H,11H2,1-4H3,(H,20,23). The molecule has 2 aromatic rings. The molecule has 4 nitrogen and oxygen atoms in total. The zero-order chi connectivity index (χ0) is 17.9. The van der Waals surface area contributed by atoms with Crippen LogP contribution in [-0.2, 0) is 11.3 Å². The lowest BCUT2D eigenvalue weighted by molar-refractivity contribution is -0.123. The second kappa shape index (κ2) is 7.49. The summed E-state index contributed by atoms with van der Waals surface area (Å²) >= 11 is 5.04. The molecule has 2 rings (SSSR count). The van der Waals surface area contributed by atoms with Crippen LogP contribution in [0.4, 0.5) is 5.69 Å². The molecule has 1 heterocycles. The Morgan fingerprint density at radius 2 is 1.92 bits per heavy atom. The van der Waals surface area contributed by atoms with E-state index in [0.29, 0.717) is 17.8 Å². The number of halogens is 1. The van der Waals surface area contributed by atoms with Crippen molar-refractivity contribution in [3.05, 3.63) is 50.6 Å². The summed E-state index contributed by atoms with van der Waals surface area (Å²) in [6, 6.07) is 11.0. The van der Waals surface area contributed by atoms with Crippen LogP contribution in [0, 0.1) is 5.41 Å². The van der Waals surface area contributed by atoms with Gasteiger partial charge in [0.25, 0.3) is 5.91 Å². The smallest absolute Gasteiger partial charge is 0.253 e. The van der Waals surface area contributed by atoms with Crippen LogP contribution in [0.1, 0.15) is 36.0 Å². The maximum absolute atomic E-state index is 12.6. The van der Waals surface area contributed by atoms with E-state index in [-0.39, 0.29) is 11.8 Å². The van der Waals surface area contributed by atoms with Gasteiger partial charge in [0.15, 0.2) is 0 Å². The van der Waals surface area contributed by atoms with Crippen molar-refractivity contribution < 1.29 is 9.59 Å². The number of rotatable bonds is 4. The maximum Gasteiger partial charge on any atom is 0.253 e. The summed E-state index contributed by atoms with van der Waals surface area (Å²) < 4.78 is 1.05. The van der Waals surface area contributed by atoms with Crippen molar-refractivity contribution in [2.24, 2.45) is 5.41 Å². The third-order valence-electron chi connectivity index (χ3n) is 3.42. The molecule has 1 N–H and O–H groups in total. The maximum atomic E-state index is 12.6. The van der Waals surface area contributed by atoms with E-state index in [1.54, 1.807) is 47.5 Å². The monoisotopic (exact) mass is 408 g/mol. The Morgan fingerprint density at radius 3 is 2.50 bits per heavy atom. The zero-order valence-electron chi connectivity index (χ0n) is 14.2. The normalized spacial score (nSPS) is 11.2. The van der Waals surface area contributed by atoms with Gasteiger partial charge in [-0.2, -0.15) is 0 Å². The molecule has 1 aromatic carbocycles. The first-order valence-corrected chi connectivity index (χ1v) is 9.19. The van der Waals surface area contributed by atoms with Crippen LogP contribution in [-0.4, -0.2) is 23.8 Å². The quantitative estimate of drug-likeness (QED) is 0.791. The molecule has 1 aromatic heterocycles. The van der Waals surface area contributed by atoms with Gasteiger partial charge < -0.3 is 10.2 Å². The molecule has 0 aliphatic heterocycles. The second-order valence-electron chi connectivity index (χ2n) is 6.65. The van der Waals surface area contributed by atoms with Crippen LogP contribution in [0.2, 0.25) is 0 Å². The highest BCUT2D eigenvalue weighted by molar-refractivity contribution is 9.11. The fraction of sp³-hybridized carbons (Fsp3) is 0.333. The number of hydrogen-bond acceptors (Lipinski definition) is 3. The highest BCUT2D eigenvalue weighted by atomic mass is 79.9. The van der Waals surface area contributed by atoms with Crippen molar-refractivity contribution in [3.63, 3.8) is 0 Å². The molecule has 0 aliphatic carbocycles. The molecule has 24 heavy (non-hydrogen) atoms. The van der Waals surface area contributed by atoms with Gasteiger partial charge in [0.2, 0.25) is 5.91 Å². The largest absolute Gasteiger partial charge is 0.337 e. The summed E-state index contributed by atoms with van der Waals surface area (Å²) in [5.41, 5.74) is 0.705. The summed E-state index contributed by atoms with van der Waals surface area (Å²) in [5.74, 6) is -0.157. The number of nitrogens with zero attached hydrogens (tertiary/aromatic N) is 1. The number of thiophene rings is 1. The average molecular weight is 409 g/mol. The van der Waals surface area contributed by atoms with E-state index < -0.39 is 5.41 Å². The first-order chi connectivity index (χ1) is 11.2. The van der Waals surface area contributed by atoms with E-state index in [1.165, 1.54) is 0 Å². The summed E-state index contributed by atoms with van der Waals surface area (Å²) in [7, 11) is 1.77. The van der Waals surface area contributed by atoms with E-state index in [0.717, 1.165) is 8.66 Å². The molecule has 2 amide bonds. The summed E-state index contributed by atoms with van der Waals surface area (Å²) in [6.07, 6.45) is 0. The molecule has 0 fully saturated rings. The number of carbonyl (C=O) groups excluding carboxylic acids is 2. The van der Waals surface area contributed by atoms with Gasteiger partial charge in [0, 0.05) is 28.6 Å². The van der Waals surface area contributed by atoms with Crippen LogP contribution < -0.4 is 5.32 Å². The number of carbonyl (C=O) groups is 2. The van der Waals surface area contributed by atoms with Gasteiger partial charge in [-0.1, -0.05) is 26.8 Å². The van der Waals surface area contributed by atoms with E-state index in [9.17, 15) is 9.59 Å². The van der Waals surface area contributed by atoms with Crippen molar-refractivity contribution in [1.29, 1.82) is 0 Å². The summed E-state index contributed by atoms with van der Waals surface area (Å²) in [6.45, 7) is 6.10. The number of benzene rings is 1. The van der Waals surface area contributed by atoms with E-state index in [2.05, 4.69) is 21.2 Å². The predicted octanol–water partition coefficient (Wildman–Crippen LogP) is 4.77. The minimum Gasteiger partial charge on any atom is -0.337 e. The molecule has 0 spiro atoms. The Bertz CT molecular complexity index is 749. The van der Waals surface area contributed by atoms with E-state index in [4.69, 9.17) is 0 Å². The van der Waals surface area contributed by atoms with Gasteiger partial charge in [-0.3, -0.25) is 9.59 Å². The van der Waals surface area contributed by atoms with Gasteiger partial charge in [-0.25, -0.2) is 0 Å². The van der Waals surface area contributed by atoms with Gasteiger partial charge in [0.1, 0.15) is 0 Å². The molecule has 0 bridgehead atoms. The highest BCUT2D eigenvalue weighted by Gasteiger charge is 2.21. The SMILES string of the molecule is CN(Cc1ccc(Br)s1)C(=O)c1cccc(NC(=O)C(C)(C)C)c1. The van der Waals surface area contributed by atoms with Crippen molar-refractivity contribution in [2.45, 2.75) is 27.3 Å². The molecule has 0 aliphatic rings. The third kappa shape index (κ3) is 4.92. The highest BCUT2D eigenvalue weighted by Crippen LogP contribution is 2.24. The predicted molar refractivity (Wildman–Crippen MR) is 102 cm³/mol. The Morgan fingerprint density at radius 1 is 1.21 bits per heavy atom. The number of nitrogens with one attached hydrogen (secondary N) is 1. The minimum atomic E-state index is -0.483. The molecular weight excluding hydrogens is 388 g/mol. The number of anilines is 1. The van der Waals surface area contributed by atoms with Crippen LogP contribution in [0.5, 0.6) is 0 Å². The first kappa shape index (κ1) is 18.7. The van der Waals surface area contributed by atoms with Crippen LogP contribution in [0.15, 0.2) is 40.2 Å². The molecule has 0 saturated carbocycles. The molecule has 0 atom stereocenters. The number of amides is 2. The van der Waals surface area contributed by atoms with Gasteiger partial charge in [-0.05, 0) is 46.3 Å². The second-order valence-corrected chi connectivity index (χ2v) is 9.20. The van der Waals surface area contributed by atoms with E-state index in [1.807, 2.05) is 32.9 Å². The van der Waals surface area contributed by atoms with Crippen LogP contribution in [0.3, 0.4) is 0 Å².